The van der Waals surface area contributed by atoms with Crippen molar-refractivity contribution in [2.24, 2.45) is 24.1 Å². The third-order valence-corrected chi connectivity index (χ3v) is 5.07. The zero-order chi connectivity index (χ0) is 15.0. The molecule has 1 aromatic rings. The summed E-state index contributed by atoms with van der Waals surface area (Å²) in [5, 5.41) is 4.45. The second-order valence-electron chi connectivity index (χ2n) is 7.93. The Balaban J connectivity index is 2.06. The molecule has 0 aliphatic heterocycles. The summed E-state index contributed by atoms with van der Waals surface area (Å²) in [7, 11) is 2.03. The van der Waals surface area contributed by atoms with E-state index in [-0.39, 0.29) is 5.54 Å². The van der Waals surface area contributed by atoms with Gasteiger partial charge in [-0.15, -0.1) is 0 Å². The highest BCUT2D eigenvalue weighted by Gasteiger charge is 2.34. The average molecular weight is 277 g/mol. The molecule has 1 heterocycles. The molecule has 2 N–H and O–H groups in total. The second kappa shape index (κ2) is 5.51. The van der Waals surface area contributed by atoms with Crippen molar-refractivity contribution in [3.8, 4) is 0 Å². The van der Waals surface area contributed by atoms with Gasteiger partial charge >= 0.3 is 0 Å². The van der Waals surface area contributed by atoms with Gasteiger partial charge in [-0.2, -0.15) is 5.10 Å². The molecule has 114 valence electrons. The molecular formula is C17H31N3. The Labute approximate surface area is 123 Å². The predicted molar refractivity (Wildman–Crippen MR) is 84.6 cm³/mol. The van der Waals surface area contributed by atoms with Crippen molar-refractivity contribution in [2.75, 3.05) is 0 Å². The number of aromatic nitrogens is 2. The Bertz CT molecular complexity index is 455. The second-order valence-corrected chi connectivity index (χ2v) is 7.93. The lowest BCUT2D eigenvalue weighted by atomic mass is 9.76. The van der Waals surface area contributed by atoms with Crippen LogP contribution in [0, 0.1) is 18.3 Å². The Kier molecular flexibility index (Phi) is 4.29. The molecule has 0 spiro atoms. The van der Waals surface area contributed by atoms with Crippen LogP contribution in [0.1, 0.15) is 64.3 Å². The van der Waals surface area contributed by atoms with Crippen LogP contribution >= 0.6 is 0 Å². The topological polar surface area (TPSA) is 43.8 Å². The molecule has 2 rings (SSSR count). The van der Waals surface area contributed by atoms with E-state index in [0.29, 0.717) is 5.41 Å². The molecule has 2 atom stereocenters. The van der Waals surface area contributed by atoms with Crippen LogP contribution in [0.4, 0.5) is 0 Å². The highest BCUT2D eigenvalue weighted by Crippen LogP contribution is 2.39. The number of hydrogen-bond donors (Lipinski definition) is 1. The number of nitrogens with zero attached hydrogens (tertiary/aromatic N) is 2. The maximum atomic E-state index is 6.73. The van der Waals surface area contributed by atoms with Gasteiger partial charge in [0.15, 0.2) is 0 Å². The maximum Gasteiger partial charge on any atom is 0.0596 e. The van der Waals surface area contributed by atoms with Gasteiger partial charge in [-0.3, -0.25) is 4.68 Å². The molecule has 0 amide bonds. The fourth-order valence-corrected chi connectivity index (χ4v) is 3.66. The van der Waals surface area contributed by atoms with Gasteiger partial charge in [0.1, 0.15) is 0 Å². The van der Waals surface area contributed by atoms with Crippen molar-refractivity contribution in [3.05, 3.63) is 17.5 Å². The Morgan fingerprint density at radius 2 is 2.05 bits per heavy atom. The number of nitrogens with two attached hydrogens (primary N) is 1. The molecule has 0 saturated heterocycles. The van der Waals surface area contributed by atoms with Crippen LogP contribution in [0.5, 0.6) is 0 Å². The van der Waals surface area contributed by atoms with Crippen molar-refractivity contribution in [1.29, 1.82) is 0 Å². The monoisotopic (exact) mass is 277 g/mol. The van der Waals surface area contributed by atoms with Gasteiger partial charge in [-0.05, 0) is 50.0 Å². The van der Waals surface area contributed by atoms with Gasteiger partial charge in [0.05, 0.1) is 5.69 Å². The van der Waals surface area contributed by atoms with Crippen molar-refractivity contribution in [2.45, 2.75) is 71.8 Å². The Morgan fingerprint density at radius 1 is 1.35 bits per heavy atom. The Morgan fingerprint density at radius 3 is 2.60 bits per heavy atom. The molecule has 1 aliphatic rings. The summed E-state index contributed by atoms with van der Waals surface area (Å²) in [5.74, 6) is 0.807. The summed E-state index contributed by atoms with van der Waals surface area (Å²) in [4.78, 5) is 0. The van der Waals surface area contributed by atoms with E-state index in [0.717, 1.165) is 30.9 Å². The van der Waals surface area contributed by atoms with Crippen molar-refractivity contribution < 1.29 is 0 Å². The van der Waals surface area contributed by atoms with Crippen LogP contribution < -0.4 is 5.73 Å². The van der Waals surface area contributed by atoms with E-state index in [4.69, 9.17) is 5.73 Å². The third kappa shape index (κ3) is 3.63. The van der Waals surface area contributed by atoms with Gasteiger partial charge in [0.2, 0.25) is 0 Å². The van der Waals surface area contributed by atoms with Crippen molar-refractivity contribution in [3.63, 3.8) is 0 Å². The van der Waals surface area contributed by atoms with Crippen LogP contribution in [0.3, 0.4) is 0 Å². The summed E-state index contributed by atoms with van der Waals surface area (Å²) in [6, 6.07) is 2.18. The molecule has 3 heteroatoms. The quantitative estimate of drug-likeness (QED) is 0.839. The van der Waals surface area contributed by atoms with E-state index in [1.807, 2.05) is 11.7 Å². The highest BCUT2D eigenvalue weighted by molar-refractivity contribution is 5.12. The number of hydrogen-bond acceptors (Lipinski definition) is 2. The summed E-state index contributed by atoms with van der Waals surface area (Å²) in [6.07, 6.45) is 7.09. The minimum Gasteiger partial charge on any atom is -0.325 e. The standard InChI is InChI=1S/C17H31N3/c1-13-11-15(20(5)19-13)12-17(18)9-6-7-14(8-10-17)16(2,3)4/h11,14H,6-10,12,18H2,1-5H3. The molecule has 20 heavy (non-hydrogen) atoms. The smallest absolute Gasteiger partial charge is 0.0596 e. The van der Waals surface area contributed by atoms with Crippen LogP contribution in [-0.2, 0) is 13.5 Å². The molecule has 0 bridgehead atoms. The predicted octanol–water partition coefficient (Wildman–Crippen LogP) is 3.59. The fourth-order valence-electron chi connectivity index (χ4n) is 3.66. The number of rotatable bonds is 2. The minimum absolute atomic E-state index is 0.0414. The first-order valence-corrected chi connectivity index (χ1v) is 7.98. The van der Waals surface area contributed by atoms with Gasteiger partial charge in [-0.25, -0.2) is 0 Å². The summed E-state index contributed by atoms with van der Waals surface area (Å²) in [5.41, 5.74) is 9.47. The zero-order valence-electron chi connectivity index (χ0n) is 13.9. The third-order valence-electron chi connectivity index (χ3n) is 5.07. The molecule has 1 aliphatic carbocycles. The lowest BCUT2D eigenvalue weighted by molar-refractivity contribution is 0.210. The molecular weight excluding hydrogens is 246 g/mol. The molecule has 3 nitrogen and oxygen atoms in total. The number of aryl methyl sites for hydroxylation is 2. The normalized spacial score (nSPS) is 28.4. The summed E-state index contributed by atoms with van der Waals surface area (Å²) in [6.45, 7) is 9.15. The van der Waals surface area contributed by atoms with Crippen molar-refractivity contribution >= 4 is 0 Å². The van der Waals surface area contributed by atoms with E-state index in [9.17, 15) is 0 Å². The van der Waals surface area contributed by atoms with Crippen molar-refractivity contribution in [1.82, 2.24) is 9.78 Å². The van der Waals surface area contributed by atoms with E-state index in [1.54, 1.807) is 0 Å². The maximum absolute atomic E-state index is 6.73. The lowest BCUT2D eigenvalue weighted by Crippen LogP contribution is -2.42. The molecule has 0 aromatic carbocycles. The van der Waals surface area contributed by atoms with E-state index in [1.165, 1.54) is 25.0 Å². The van der Waals surface area contributed by atoms with Crippen LogP contribution in [0.15, 0.2) is 6.07 Å². The molecule has 0 radical (unpaired) electrons. The first-order valence-electron chi connectivity index (χ1n) is 7.98. The van der Waals surface area contributed by atoms with E-state index >= 15 is 0 Å². The zero-order valence-corrected chi connectivity index (χ0v) is 13.9. The fraction of sp³-hybridized carbons (Fsp3) is 0.824. The van der Waals surface area contributed by atoms with E-state index in [2.05, 4.69) is 38.9 Å². The SMILES string of the molecule is Cc1cc(CC2(N)CCCC(C(C)(C)C)CC2)n(C)n1. The lowest BCUT2D eigenvalue weighted by Gasteiger charge is -2.31. The van der Waals surface area contributed by atoms with Gasteiger partial charge in [-0.1, -0.05) is 27.2 Å². The van der Waals surface area contributed by atoms with Crippen LogP contribution in [-0.4, -0.2) is 15.3 Å². The molecule has 1 fully saturated rings. The van der Waals surface area contributed by atoms with E-state index < -0.39 is 0 Å². The summed E-state index contributed by atoms with van der Waals surface area (Å²) >= 11 is 0. The molecule has 1 saturated carbocycles. The molecule has 1 aromatic heterocycles. The Hall–Kier alpha value is -0.830. The highest BCUT2D eigenvalue weighted by atomic mass is 15.3. The van der Waals surface area contributed by atoms with Gasteiger partial charge in [0.25, 0.3) is 0 Å². The van der Waals surface area contributed by atoms with Gasteiger partial charge < -0.3 is 5.73 Å². The van der Waals surface area contributed by atoms with Crippen LogP contribution in [0.2, 0.25) is 0 Å². The first kappa shape index (κ1) is 15.6. The van der Waals surface area contributed by atoms with Gasteiger partial charge in [0, 0.05) is 24.7 Å². The first-order chi connectivity index (χ1) is 9.20. The average Bonchev–Trinajstić information content (AvgIpc) is 2.50. The van der Waals surface area contributed by atoms with Crippen LogP contribution in [0.25, 0.3) is 0 Å². The largest absolute Gasteiger partial charge is 0.325 e. The minimum atomic E-state index is -0.0414. The molecule has 2 unspecified atom stereocenters. The summed E-state index contributed by atoms with van der Waals surface area (Å²) < 4.78 is 2.00.